The van der Waals surface area contributed by atoms with Crippen molar-refractivity contribution in [1.29, 1.82) is 0 Å². The molecule has 0 bridgehead atoms. The average molecular weight is 206 g/mol. The molecule has 0 radical (unpaired) electrons. The highest BCUT2D eigenvalue weighted by Gasteiger charge is 2.06. The van der Waals surface area contributed by atoms with Gasteiger partial charge >= 0.3 is 0 Å². The number of aromatic nitrogens is 2. The van der Waals surface area contributed by atoms with E-state index in [-0.39, 0.29) is 6.10 Å². The number of ether oxygens (including phenoxy) is 1. The lowest BCUT2D eigenvalue weighted by atomic mass is 10.2. The van der Waals surface area contributed by atoms with Gasteiger partial charge in [0.2, 0.25) is 0 Å². The Morgan fingerprint density at radius 3 is 3.07 bits per heavy atom. The van der Waals surface area contributed by atoms with E-state index < -0.39 is 0 Å². The molecule has 0 fully saturated rings. The van der Waals surface area contributed by atoms with Gasteiger partial charge in [-0.15, -0.1) is 0 Å². The molecular formula is C11H14N2O2. The van der Waals surface area contributed by atoms with Crippen molar-refractivity contribution in [3.63, 3.8) is 0 Å². The number of nitrogens with zero attached hydrogens (tertiary/aromatic N) is 2. The number of aliphatic hydroxyl groups excluding tert-OH is 1. The van der Waals surface area contributed by atoms with E-state index in [1.54, 1.807) is 20.2 Å². The molecular weight excluding hydrogens is 192 g/mol. The van der Waals surface area contributed by atoms with Crippen molar-refractivity contribution in [2.24, 2.45) is 0 Å². The van der Waals surface area contributed by atoms with Crippen LogP contribution in [0.25, 0.3) is 5.65 Å². The van der Waals surface area contributed by atoms with Gasteiger partial charge in [-0.2, -0.15) is 0 Å². The monoisotopic (exact) mass is 206 g/mol. The van der Waals surface area contributed by atoms with E-state index in [1.807, 2.05) is 22.7 Å². The number of methoxy groups -OCH3 is 1. The van der Waals surface area contributed by atoms with Crippen molar-refractivity contribution < 1.29 is 9.84 Å². The van der Waals surface area contributed by atoms with Crippen LogP contribution in [-0.4, -0.2) is 27.7 Å². The minimum atomic E-state index is -0.355. The number of aliphatic hydroxyl groups is 1. The fourth-order valence-corrected chi connectivity index (χ4v) is 1.60. The maximum atomic E-state index is 9.32. The molecule has 0 aromatic carbocycles. The third kappa shape index (κ3) is 1.94. The zero-order chi connectivity index (χ0) is 10.8. The van der Waals surface area contributed by atoms with E-state index in [1.165, 1.54) is 0 Å². The molecule has 4 heteroatoms. The molecule has 0 aliphatic heterocycles. The maximum absolute atomic E-state index is 9.32. The molecule has 1 N–H and O–H groups in total. The van der Waals surface area contributed by atoms with Crippen LogP contribution in [-0.2, 0) is 6.42 Å². The van der Waals surface area contributed by atoms with Crippen LogP contribution in [0, 0.1) is 0 Å². The molecule has 0 amide bonds. The van der Waals surface area contributed by atoms with Crippen LogP contribution in [0.4, 0.5) is 0 Å². The topological polar surface area (TPSA) is 46.8 Å². The number of fused-ring (bicyclic) bond motifs is 1. The van der Waals surface area contributed by atoms with E-state index in [0.717, 1.165) is 17.1 Å². The van der Waals surface area contributed by atoms with Crippen LogP contribution in [0.3, 0.4) is 0 Å². The van der Waals surface area contributed by atoms with Gasteiger partial charge in [0, 0.05) is 30.6 Å². The minimum absolute atomic E-state index is 0.355. The van der Waals surface area contributed by atoms with Crippen molar-refractivity contribution in [3.8, 4) is 5.75 Å². The molecule has 2 heterocycles. The van der Waals surface area contributed by atoms with Gasteiger partial charge in [-0.05, 0) is 13.0 Å². The Bertz CT molecular complexity index is 463. The largest absolute Gasteiger partial charge is 0.497 e. The van der Waals surface area contributed by atoms with E-state index in [0.29, 0.717) is 6.42 Å². The average Bonchev–Trinajstić information content (AvgIpc) is 2.60. The number of hydrogen-bond acceptors (Lipinski definition) is 3. The molecule has 2 rings (SSSR count). The summed E-state index contributed by atoms with van der Waals surface area (Å²) in [6.45, 7) is 1.77. The third-order valence-corrected chi connectivity index (χ3v) is 2.30. The molecule has 15 heavy (non-hydrogen) atoms. The van der Waals surface area contributed by atoms with E-state index in [2.05, 4.69) is 4.98 Å². The Morgan fingerprint density at radius 1 is 1.60 bits per heavy atom. The first kappa shape index (κ1) is 9.98. The van der Waals surface area contributed by atoms with Crippen LogP contribution in [0.2, 0.25) is 0 Å². The molecule has 2 aromatic heterocycles. The number of hydrogen-bond donors (Lipinski definition) is 1. The van der Waals surface area contributed by atoms with E-state index in [4.69, 9.17) is 4.74 Å². The highest BCUT2D eigenvalue weighted by molar-refractivity contribution is 5.45. The highest BCUT2D eigenvalue weighted by Crippen LogP contribution is 2.15. The maximum Gasteiger partial charge on any atom is 0.140 e. The molecule has 0 spiro atoms. The minimum Gasteiger partial charge on any atom is -0.497 e. The number of imidazole rings is 1. The lowest BCUT2D eigenvalue weighted by Crippen LogP contribution is -2.06. The van der Waals surface area contributed by atoms with Gasteiger partial charge in [0.1, 0.15) is 11.4 Å². The highest BCUT2D eigenvalue weighted by atomic mass is 16.5. The fourth-order valence-electron chi connectivity index (χ4n) is 1.60. The summed E-state index contributed by atoms with van der Waals surface area (Å²) in [5, 5.41) is 9.32. The van der Waals surface area contributed by atoms with Crippen LogP contribution >= 0.6 is 0 Å². The summed E-state index contributed by atoms with van der Waals surface area (Å²) in [6, 6.07) is 3.74. The Kier molecular flexibility index (Phi) is 2.60. The van der Waals surface area contributed by atoms with Gasteiger partial charge in [0.25, 0.3) is 0 Å². The molecule has 0 saturated carbocycles. The SMILES string of the molecule is COc1ccn2c(CC(C)O)cnc2c1. The predicted molar refractivity (Wildman–Crippen MR) is 57.1 cm³/mol. The second-order valence-corrected chi connectivity index (χ2v) is 3.60. The van der Waals surface area contributed by atoms with Crippen LogP contribution in [0.1, 0.15) is 12.6 Å². The van der Waals surface area contributed by atoms with Gasteiger partial charge in [-0.1, -0.05) is 0 Å². The molecule has 1 unspecified atom stereocenters. The first-order valence-corrected chi connectivity index (χ1v) is 4.88. The van der Waals surface area contributed by atoms with E-state index >= 15 is 0 Å². The molecule has 0 aliphatic rings. The third-order valence-electron chi connectivity index (χ3n) is 2.30. The molecule has 4 nitrogen and oxygen atoms in total. The summed E-state index contributed by atoms with van der Waals surface area (Å²) in [5.41, 5.74) is 1.84. The van der Waals surface area contributed by atoms with Gasteiger partial charge in [-0.25, -0.2) is 4.98 Å². The molecule has 2 aromatic rings. The Labute approximate surface area is 88.1 Å². The Balaban J connectivity index is 2.43. The van der Waals surface area contributed by atoms with Gasteiger partial charge in [-0.3, -0.25) is 0 Å². The summed E-state index contributed by atoms with van der Waals surface area (Å²) in [5.74, 6) is 0.789. The van der Waals surface area contributed by atoms with Crippen LogP contribution in [0.5, 0.6) is 5.75 Å². The summed E-state index contributed by atoms with van der Waals surface area (Å²) in [4.78, 5) is 4.25. The zero-order valence-electron chi connectivity index (χ0n) is 8.84. The molecule has 1 atom stereocenters. The van der Waals surface area contributed by atoms with Crippen molar-refractivity contribution in [3.05, 3.63) is 30.2 Å². The predicted octanol–water partition coefficient (Wildman–Crippen LogP) is 1.27. The lowest BCUT2D eigenvalue weighted by molar-refractivity contribution is 0.194. The van der Waals surface area contributed by atoms with Gasteiger partial charge < -0.3 is 14.2 Å². The number of pyridine rings is 1. The normalized spacial score (nSPS) is 13.0. The van der Waals surface area contributed by atoms with Crippen molar-refractivity contribution in [2.75, 3.05) is 7.11 Å². The van der Waals surface area contributed by atoms with Crippen molar-refractivity contribution >= 4 is 5.65 Å². The first-order chi connectivity index (χ1) is 7.20. The van der Waals surface area contributed by atoms with Crippen molar-refractivity contribution in [1.82, 2.24) is 9.38 Å². The zero-order valence-corrected chi connectivity index (χ0v) is 8.84. The second-order valence-electron chi connectivity index (χ2n) is 3.60. The Hall–Kier alpha value is -1.55. The quantitative estimate of drug-likeness (QED) is 0.822. The second kappa shape index (κ2) is 3.90. The molecule has 80 valence electrons. The lowest BCUT2D eigenvalue weighted by Gasteiger charge is -2.05. The van der Waals surface area contributed by atoms with E-state index in [9.17, 15) is 5.11 Å². The standard InChI is InChI=1S/C11H14N2O2/c1-8(14)5-9-7-12-11-6-10(15-2)3-4-13(9)11/h3-4,6-8,14H,5H2,1-2H3. The van der Waals surface area contributed by atoms with Crippen molar-refractivity contribution in [2.45, 2.75) is 19.4 Å². The summed E-state index contributed by atoms with van der Waals surface area (Å²) >= 11 is 0. The smallest absolute Gasteiger partial charge is 0.140 e. The Morgan fingerprint density at radius 2 is 2.40 bits per heavy atom. The van der Waals surface area contributed by atoms with Gasteiger partial charge in [0.15, 0.2) is 0 Å². The summed E-state index contributed by atoms with van der Waals surface area (Å²) in [6.07, 6.45) is 3.93. The number of rotatable bonds is 3. The molecule has 0 saturated heterocycles. The van der Waals surface area contributed by atoms with Crippen LogP contribution in [0.15, 0.2) is 24.5 Å². The summed E-state index contributed by atoms with van der Waals surface area (Å²) in [7, 11) is 1.63. The summed E-state index contributed by atoms with van der Waals surface area (Å²) < 4.78 is 7.06. The van der Waals surface area contributed by atoms with Crippen LogP contribution < -0.4 is 4.74 Å². The molecule has 0 aliphatic carbocycles. The van der Waals surface area contributed by atoms with Gasteiger partial charge in [0.05, 0.1) is 13.2 Å². The fraction of sp³-hybridized carbons (Fsp3) is 0.364. The first-order valence-electron chi connectivity index (χ1n) is 4.88.